The number of aryl methyl sites for hydroxylation is 1. The topological polar surface area (TPSA) is 45.8 Å². The molecule has 1 aromatic carbocycles. The Bertz CT molecular complexity index is 425. The van der Waals surface area contributed by atoms with Gasteiger partial charge in [0.2, 0.25) is 0 Å². The van der Waals surface area contributed by atoms with E-state index >= 15 is 0 Å². The smallest absolute Gasteiger partial charge is 0.196 e. The lowest BCUT2D eigenvalue weighted by Crippen LogP contribution is -2.03. The van der Waals surface area contributed by atoms with Crippen LogP contribution in [0.1, 0.15) is 5.56 Å². The normalized spacial score (nSPS) is 12.5. The van der Waals surface area contributed by atoms with Gasteiger partial charge < -0.3 is 4.98 Å². The number of rotatable bonds is 4. The summed E-state index contributed by atoms with van der Waals surface area (Å²) < 4.78 is 11.7. The van der Waals surface area contributed by atoms with E-state index in [2.05, 4.69) is 9.97 Å². The second kappa shape index (κ2) is 4.89. The van der Waals surface area contributed by atoms with Gasteiger partial charge >= 0.3 is 0 Å². The summed E-state index contributed by atoms with van der Waals surface area (Å²) in [5.41, 5.74) is 1.21. The van der Waals surface area contributed by atoms with E-state index in [1.54, 1.807) is 12.4 Å². The number of nitrogens with one attached hydrogen (secondary N) is 1. The standard InChI is InChI=1S/C11H12N2OS/c14-15(11-12-7-8-13-11)9-6-10-4-2-1-3-5-10/h1-5,7-8H,6,9H2,(H,12,13). The first kappa shape index (κ1) is 10.1. The van der Waals surface area contributed by atoms with Crippen LogP contribution in [0, 0.1) is 0 Å². The molecule has 0 aliphatic heterocycles. The second-order valence-corrected chi connectivity index (χ2v) is 4.67. The minimum atomic E-state index is -1.02. The molecule has 2 rings (SSSR count). The van der Waals surface area contributed by atoms with Gasteiger partial charge in [-0.1, -0.05) is 30.3 Å². The van der Waals surface area contributed by atoms with E-state index in [1.807, 2.05) is 30.3 Å². The van der Waals surface area contributed by atoms with Crippen molar-refractivity contribution >= 4 is 10.8 Å². The van der Waals surface area contributed by atoms with Crippen LogP contribution >= 0.6 is 0 Å². The molecule has 1 aromatic heterocycles. The number of imidazole rings is 1. The third kappa shape index (κ3) is 2.76. The lowest BCUT2D eigenvalue weighted by atomic mass is 10.2. The molecule has 0 aliphatic carbocycles. The summed E-state index contributed by atoms with van der Waals surface area (Å²) >= 11 is 0. The Morgan fingerprint density at radius 3 is 2.73 bits per heavy atom. The highest BCUT2D eigenvalue weighted by Gasteiger charge is 2.05. The van der Waals surface area contributed by atoms with E-state index in [-0.39, 0.29) is 0 Å². The zero-order valence-electron chi connectivity index (χ0n) is 8.22. The molecule has 1 unspecified atom stereocenters. The lowest BCUT2D eigenvalue weighted by Gasteiger charge is -1.99. The molecule has 1 atom stereocenters. The first-order valence-corrected chi connectivity index (χ1v) is 6.10. The Balaban J connectivity index is 1.92. The van der Waals surface area contributed by atoms with E-state index in [1.165, 1.54) is 5.56 Å². The van der Waals surface area contributed by atoms with Crippen LogP contribution in [0.3, 0.4) is 0 Å². The summed E-state index contributed by atoms with van der Waals surface area (Å²) in [6.07, 6.45) is 4.12. The van der Waals surface area contributed by atoms with E-state index in [9.17, 15) is 4.21 Å². The number of hydrogen-bond acceptors (Lipinski definition) is 2. The average molecular weight is 220 g/mol. The predicted octanol–water partition coefficient (Wildman–Crippen LogP) is 1.76. The molecular formula is C11H12N2OS. The molecule has 15 heavy (non-hydrogen) atoms. The maximum absolute atomic E-state index is 11.7. The van der Waals surface area contributed by atoms with Gasteiger partial charge in [-0.15, -0.1) is 0 Å². The number of aromatic amines is 1. The fourth-order valence-electron chi connectivity index (χ4n) is 1.33. The van der Waals surface area contributed by atoms with Gasteiger partial charge in [-0.2, -0.15) is 0 Å². The van der Waals surface area contributed by atoms with E-state index in [0.29, 0.717) is 10.9 Å². The molecule has 0 bridgehead atoms. The van der Waals surface area contributed by atoms with Crippen LogP contribution in [0.25, 0.3) is 0 Å². The van der Waals surface area contributed by atoms with Crippen molar-refractivity contribution in [1.29, 1.82) is 0 Å². The van der Waals surface area contributed by atoms with Crippen molar-refractivity contribution in [3.05, 3.63) is 48.3 Å². The molecule has 0 amide bonds. The van der Waals surface area contributed by atoms with Crippen molar-refractivity contribution in [2.75, 3.05) is 5.75 Å². The van der Waals surface area contributed by atoms with Crippen molar-refractivity contribution in [3.63, 3.8) is 0 Å². The van der Waals surface area contributed by atoms with Gasteiger partial charge in [0.25, 0.3) is 0 Å². The second-order valence-electron chi connectivity index (χ2n) is 3.18. The number of nitrogens with zero attached hydrogens (tertiary/aromatic N) is 1. The molecule has 0 fully saturated rings. The monoisotopic (exact) mass is 220 g/mol. The van der Waals surface area contributed by atoms with Crippen LogP contribution in [0.5, 0.6) is 0 Å². The molecule has 0 saturated carbocycles. The van der Waals surface area contributed by atoms with Gasteiger partial charge in [0, 0.05) is 18.1 Å². The van der Waals surface area contributed by atoms with Crippen LogP contribution in [0.4, 0.5) is 0 Å². The Hall–Kier alpha value is -1.42. The molecule has 2 aromatic rings. The molecule has 0 aliphatic rings. The molecular weight excluding hydrogens is 208 g/mol. The molecule has 0 saturated heterocycles. The average Bonchev–Trinajstić information content (AvgIpc) is 2.81. The van der Waals surface area contributed by atoms with Crippen LogP contribution in [-0.4, -0.2) is 19.9 Å². The van der Waals surface area contributed by atoms with Gasteiger partial charge in [0.05, 0.1) is 10.8 Å². The minimum absolute atomic E-state index is 0.561. The maximum atomic E-state index is 11.7. The Morgan fingerprint density at radius 2 is 2.07 bits per heavy atom. The van der Waals surface area contributed by atoms with Gasteiger partial charge in [-0.25, -0.2) is 4.98 Å². The number of aromatic nitrogens is 2. The summed E-state index contributed by atoms with van der Waals surface area (Å²) in [5.74, 6) is 0.609. The molecule has 1 heterocycles. The highest BCUT2D eigenvalue weighted by molar-refractivity contribution is 7.84. The lowest BCUT2D eigenvalue weighted by molar-refractivity contribution is 0.676. The summed E-state index contributed by atoms with van der Waals surface area (Å²) in [7, 11) is -1.02. The van der Waals surface area contributed by atoms with Crippen LogP contribution in [-0.2, 0) is 17.2 Å². The first-order valence-electron chi connectivity index (χ1n) is 4.78. The first-order chi connectivity index (χ1) is 7.36. The summed E-state index contributed by atoms with van der Waals surface area (Å²) in [4.78, 5) is 6.83. The Labute approximate surface area is 91.0 Å². The third-order valence-corrected chi connectivity index (χ3v) is 3.34. The Kier molecular flexibility index (Phi) is 3.29. The summed E-state index contributed by atoms with van der Waals surface area (Å²) in [5, 5.41) is 0.561. The van der Waals surface area contributed by atoms with Gasteiger partial charge in [0.1, 0.15) is 0 Å². The van der Waals surface area contributed by atoms with Gasteiger partial charge in [-0.05, 0) is 12.0 Å². The molecule has 3 nitrogen and oxygen atoms in total. The predicted molar refractivity (Wildman–Crippen MR) is 60.0 cm³/mol. The molecule has 0 radical (unpaired) electrons. The third-order valence-electron chi connectivity index (χ3n) is 2.11. The van der Waals surface area contributed by atoms with Crippen molar-refractivity contribution < 1.29 is 4.21 Å². The van der Waals surface area contributed by atoms with Crippen molar-refractivity contribution in [2.24, 2.45) is 0 Å². The van der Waals surface area contributed by atoms with Crippen molar-refractivity contribution in [3.8, 4) is 0 Å². The fourth-order valence-corrected chi connectivity index (χ4v) is 2.32. The highest BCUT2D eigenvalue weighted by Crippen LogP contribution is 2.04. The van der Waals surface area contributed by atoms with E-state index in [0.717, 1.165) is 6.42 Å². The Morgan fingerprint density at radius 1 is 1.27 bits per heavy atom. The van der Waals surface area contributed by atoms with Gasteiger partial charge in [0.15, 0.2) is 5.16 Å². The van der Waals surface area contributed by atoms with Crippen molar-refractivity contribution in [1.82, 2.24) is 9.97 Å². The number of hydrogen-bond donors (Lipinski definition) is 1. The van der Waals surface area contributed by atoms with Crippen LogP contribution < -0.4 is 0 Å². The van der Waals surface area contributed by atoms with E-state index < -0.39 is 10.8 Å². The molecule has 4 heteroatoms. The zero-order valence-corrected chi connectivity index (χ0v) is 9.04. The zero-order chi connectivity index (χ0) is 10.5. The quantitative estimate of drug-likeness (QED) is 0.853. The van der Waals surface area contributed by atoms with Crippen LogP contribution in [0.15, 0.2) is 47.9 Å². The molecule has 1 N–H and O–H groups in total. The van der Waals surface area contributed by atoms with Crippen molar-refractivity contribution in [2.45, 2.75) is 11.6 Å². The molecule has 78 valence electrons. The largest absolute Gasteiger partial charge is 0.338 e. The highest BCUT2D eigenvalue weighted by atomic mass is 32.2. The minimum Gasteiger partial charge on any atom is -0.338 e. The van der Waals surface area contributed by atoms with Gasteiger partial charge in [-0.3, -0.25) is 4.21 Å². The maximum Gasteiger partial charge on any atom is 0.196 e. The summed E-state index contributed by atoms with van der Waals surface area (Å²) in [6, 6.07) is 10.0. The number of H-pyrrole nitrogens is 1. The molecule has 0 spiro atoms. The van der Waals surface area contributed by atoms with Crippen LogP contribution in [0.2, 0.25) is 0 Å². The fraction of sp³-hybridized carbons (Fsp3) is 0.182. The summed E-state index contributed by atoms with van der Waals surface area (Å²) in [6.45, 7) is 0. The SMILES string of the molecule is O=S(CCc1ccccc1)c1ncc[nH]1. The van der Waals surface area contributed by atoms with E-state index in [4.69, 9.17) is 0 Å². The number of benzene rings is 1.